The molecule has 0 spiro atoms. The van der Waals surface area contributed by atoms with Gasteiger partial charge in [-0.05, 0) is 76.1 Å². The van der Waals surface area contributed by atoms with Crippen molar-refractivity contribution in [2.45, 2.75) is 70.5 Å². The van der Waals surface area contributed by atoms with E-state index in [2.05, 4.69) is 0 Å². The second-order valence-electron chi connectivity index (χ2n) is 10.6. The Morgan fingerprint density at radius 3 is 2.24 bits per heavy atom. The van der Waals surface area contributed by atoms with Gasteiger partial charge in [-0.2, -0.15) is 0 Å². The fraction of sp³-hybridized carbons (Fsp3) is 0.654. The predicted molar refractivity (Wildman–Crippen MR) is 126 cm³/mol. The summed E-state index contributed by atoms with van der Waals surface area (Å²) in [6.45, 7) is 8.04. The summed E-state index contributed by atoms with van der Waals surface area (Å²) in [5, 5.41) is 0. The van der Waals surface area contributed by atoms with E-state index in [1.165, 1.54) is 7.11 Å². The van der Waals surface area contributed by atoms with E-state index < -0.39 is 5.60 Å². The van der Waals surface area contributed by atoms with Crippen molar-refractivity contribution in [1.82, 2.24) is 9.80 Å². The van der Waals surface area contributed by atoms with E-state index >= 15 is 0 Å². The number of carbonyl (C=O) groups is 3. The zero-order valence-electron chi connectivity index (χ0n) is 20.7. The first-order valence-corrected chi connectivity index (χ1v) is 12.3. The van der Waals surface area contributed by atoms with Gasteiger partial charge >= 0.3 is 12.1 Å². The largest absolute Gasteiger partial charge is 0.488 e. The molecule has 1 aromatic rings. The molecule has 2 saturated heterocycles. The second kappa shape index (κ2) is 9.84. The van der Waals surface area contributed by atoms with Gasteiger partial charge in [0.1, 0.15) is 17.5 Å². The minimum absolute atomic E-state index is 0.147. The Balaban J connectivity index is 1.45. The molecule has 186 valence electrons. The van der Waals surface area contributed by atoms with E-state index in [0.29, 0.717) is 25.1 Å². The minimum atomic E-state index is -0.539. The molecule has 0 unspecified atom stereocenters. The van der Waals surface area contributed by atoms with E-state index in [4.69, 9.17) is 14.2 Å². The van der Waals surface area contributed by atoms with Crippen LogP contribution in [-0.2, 0) is 14.3 Å². The number of carbonyl (C=O) groups excluding carboxylic acids is 3. The predicted octanol–water partition coefficient (Wildman–Crippen LogP) is 3.98. The van der Waals surface area contributed by atoms with Crippen LogP contribution in [-0.4, -0.2) is 72.8 Å². The molecule has 2 amide bonds. The van der Waals surface area contributed by atoms with Crippen LogP contribution in [0, 0.1) is 5.92 Å². The van der Waals surface area contributed by atoms with Crippen molar-refractivity contribution in [2.75, 3.05) is 33.3 Å². The first kappa shape index (κ1) is 24.4. The number of amides is 2. The third-order valence-corrected chi connectivity index (χ3v) is 6.69. The molecular weight excluding hydrogens is 436 g/mol. The SMILES string of the molecule is COC(=O)c1ccc(O[C@H]2CCN(C(=O)OC(C)(C)C)C2)c(C2CCN(C(=O)C3CC3)CC2)c1. The quantitative estimate of drug-likeness (QED) is 0.603. The highest BCUT2D eigenvalue weighted by Gasteiger charge is 2.36. The maximum atomic E-state index is 12.5. The number of nitrogens with zero attached hydrogens (tertiary/aromatic N) is 2. The molecular formula is C26H36N2O6. The molecule has 1 saturated carbocycles. The number of rotatable bonds is 5. The third kappa shape index (κ3) is 5.83. The average molecular weight is 473 g/mol. The molecule has 1 aliphatic carbocycles. The normalized spacial score (nSPS) is 21.4. The zero-order valence-corrected chi connectivity index (χ0v) is 20.7. The number of piperidine rings is 1. The summed E-state index contributed by atoms with van der Waals surface area (Å²) in [6.07, 6.45) is 3.92. The van der Waals surface area contributed by atoms with E-state index in [0.717, 1.165) is 50.1 Å². The Bertz CT molecular complexity index is 928. The van der Waals surface area contributed by atoms with Gasteiger partial charge in [0.05, 0.1) is 19.2 Å². The lowest BCUT2D eigenvalue weighted by Gasteiger charge is -2.33. The number of hydrogen-bond donors (Lipinski definition) is 0. The topological polar surface area (TPSA) is 85.4 Å². The summed E-state index contributed by atoms with van der Waals surface area (Å²) in [6, 6.07) is 5.42. The molecule has 8 heteroatoms. The third-order valence-electron chi connectivity index (χ3n) is 6.69. The lowest BCUT2D eigenvalue weighted by Crippen LogP contribution is -2.39. The van der Waals surface area contributed by atoms with Gasteiger partial charge < -0.3 is 24.0 Å². The first-order valence-electron chi connectivity index (χ1n) is 12.3. The highest BCUT2D eigenvalue weighted by Crippen LogP contribution is 2.38. The molecule has 8 nitrogen and oxygen atoms in total. The Kier molecular flexibility index (Phi) is 7.05. The number of methoxy groups -OCH3 is 1. The van der Waals surface area contributed by atoms with Gasteiger partial charge in [0.25, 0.3) is 0 Å². The fourth-order valence-corrected chi connectivity index (χ4v) is 4.72. The number of benzene rings is 1. The summed E-state index contributed by atoms with van der Waals surface area (Å²) in [4.78, 5) is 40.7. The summed E-state index contributed by atoms with van der Waals surface area (Å²) in [7, 11) is 1.37. The highest BCUT2D eigenvalue weighted by molar-refractivity contribution is 5.89. The van der Waals surface area contributed by atoms with Crippen molar-refractivity contribution in [1.29, 1.82) is 0 Å². The first-order chi connectivity index (χ1) is 16.1. The van der Waals surface area contributed by atoms with Crippen molar-refractivity contribution < 1.29 is 28.6 Å². The van der Waals surface area contributed by atoms with E-state index in [1.807, 2.05) is 37.8 Å². The summed E-state index contributed by atoms with van der Waals surface area (Å²) in [5.41, 5.74) is 0.920. The Hall–Kier alpha value is -2.77. The minimum Gasteiger partial charge on any atom is -0.488 e. The van der Waals surface area contributed by atoms with Crippen LogP contribution in [0.4, 0.5) is 4.79 Å². The molecule has 0 radical (unpaired) electrons. The lowest BCUT2D eigenvalue weighted by molar-refractivity contribution is -0.133. The Morgan fingerprint density at radius 2 is 1.62 bits per heavy atom. The smallest absolute Gasteiger partial charge is 0.410 e. The van der Waals surface area contributed by atoms with Crippen molar-refractivity contribution in [3.05, 3.63) is 29.3 Å². The maximum Gasteiger partial charge on any atom is 0.410 e. The molecule has 34 heavy (non-hydrogen) atoms. The van der Waals surface area contributed by atoms with Crippen molar-refractivity contribution in [2.24, 2.45) is 5.92 Å². The molecule has 0 bridgehead atoms. The maximum absolute atomic E-state index is 12.5. The average Bonchev–Trinajstić information content (AvgIpc) is 3.55. The molecule has 0 N–H and O–H groups in total. The van der Waals surface area contributed by atoms with Crippen LogP contribution < -0.4 is 4.74 Å². The Morgan fingerprint density at radius 1 is 0.941 bits per heavy atom. The van der Waals surface area contributed by atoms with Gasteiger partial charge in [-0.1, -0.05) is 0 Å². The standard InChI is InChI=1S/C26H36N2O6/c1-26(2,3)34-25(31)28-14-11-20(16-28)33-22-8-7-19(24(30)32-4)15-21(22)17-9-12-27(13-10-17)23(29)18-5-6-18/h7-8,15,17-18,20H,5-6,9-14,16H2,1-4H3/t20-/m0/s1. The lowest BCUT2D eigenvalue weighted by atomic mass is 9.87. The van der Waals surface area contributed by atoms with Crippen LogP contribution in [0.15, 0.2) is 18.2 Å². The molecule has 1 atom stereocenters. The zero-order chi connectivity index (χ0) is 24.5. The molecule has 3 fully saturated rings. The summed E-state index contributed by atoms with van der Waals surface area (Å²) in [5.74, 6) is 1.05. The number of hydrogen-bond acceptors (Lipinski definition) is 6. The van der Waals surface area contributed by atoms with E-state index in [9.17, 15) is 14.4 Å². The van der Waals surface area contributed by atoms with Crippen molar-refractivity contribution >= 4 is 18.0 Å². The van der Waals surface area contributed by atoms with Gasteiger partial charge in [0.2, 0.25) is 5.91 Å². The molecule has 2 heterocycles. The molecule has 4 rings (SSSR count). The number of esters is 1. The van der Waals surface area contributed by atoms with Crippen LogP contribution in [0.1, 0.15) is 74.7 Å². The second-order valence-corrected chi connectivity index (χ2v) is 10.6. The van der Waals surface area contributed by atoms with E-state index in [-0.39, 0.29) is 35.9 Å². The fourth-order valence-electron chi connectivity index (χ4n) is 4.72. The van der Waals surface area contributed by atoms with Crippen LogP contribution in [0.3, 0.4) is 0 Å². The van der Waals surface area contributed by atoms with Crippen LogP contribution in [0.25, 0.3) is 0 Å². The van der Waals surface area contributed by atoms with Crippen LogP contribution in [0.5, 0.6) is 5.75 Å². The summed E-state index contributed by atoms with van der Waals surface area (Å²) < 4.78 is 16.8. The van der Waals surface area contributed by atoms with Gasteiger partial charge in [-0.15, -0.1) is 0 Å². The van der Waals surface area contributed by atoms with Crippen LogP contribution in [0.2, 0.25) is 0 Å². The van der Waals surface area contributed by atoms with Crippen LogP contribution >= 0.6 is 0 Å². The number of likely N-dealkylation sites (tertiary alicyclic amines) is 2. The van der Waals surface area contributed by atoms with Crippen molar-refractivity contribution in [3.63, 3.8) is 0 Å². The number of ether oxygens (including phenoxy) is 3. The monoisotopic (exact) mass is 472 g/mol. The molecule has 1 aromatic carbocycles. The molecule has 2 aliphatic heterocycles. The molecule has 0 aromatic heterocycles. The van der Waals surface area contributed by atoms with Crippen molar-refractivity contribution in [3.8, 4) is 5.75 Å². The van der Waals surface area contributed by atoms with Gasteiger partial charge in [0.15, 0.2) is 0 Å². The van der Waals surface area contributed by atoms with Gasteiger partial charge in [-0.25, -0.2) is 9.59 Å². The van der Waals surface area contributed by atoms with E-state index in [1.54, 1.807) is 11.0 Å². The molecule has 3 aliphatic rings. The Labute approximate surface area is 201 Å². The highest BCUT2D eigenvalue weighted by atomic mass is 16.6. The van der Waals surface area contributed by atoms with Gasteiger partial charge in [0, 0.05) is 32.0 Å². The summed E-state index contributed by atoms with van der Waals surface area (Å²) >= 11 is 0. The van der Waals surface area contributed by atoms with Gasteiger partial charge in [-0.3, -0.25) is 4.79 Å².